The van der Waals surface area contributed by atoms with Crippen LogP contribution in [0, 0.1) is 5.92 Å². The second-order valence-corrected chi connectivity index (χ2v) is 3.70. The Labute approximate surface area is 57.6 Å². The highest BCUT2D eigenvalue weighted by atomic mass is 35.5. The Kier molecular flexibility index (Phi) is 4.18. The highest BCUT2D eigenvalue weighted by Gasteiger charge is 2.06. The van der Waals surface area contributed by atoms with Gasteiger partial charge in [0.15, 0.2) is 0 Å². The van der Waals surface area contributed by atoms with E-state index in [0.29, 0.717) is 5.92 Å². The van der Waals surface area contributed by atoms with E-state index < -0.39 is 0 Å². The molecule has 0 fully saturated rings. The van der Waals surface area contributed by atoms with E-state index in [1.807, 2.05) is 0 Å². The van der Waals surface area contributed by atoms with Crippen LogP contribution in [-0.2, 0) is 0 Å². The lowest BCUT2D eigenvalue weighted by molar-refractivity contribution is 0.707. The van der Waals surface area contributed by atoms with Crippen LogP contribution in [0.1, 0.15) is 6.92 Å². The Bertz CT molecular complexity index is 47.0. The largest absolute Gasteiger partial charge is 0.110 e. The summed E-state index contributed by atoms with van der Waals surface area (Å²) in [5, 5.41) is 0. The monoisotopic (exact) mass is 156 g/mol. The minimum atomic E-state index is -0.155. The molecule has 0 amide bonds. The topological polar surface area (TPSA) is 0 Å². The Morgan fingerprint density at radius 2 is 2.00 bits per heavy atom. The average Bonchev–Trinajstić information content (AvgIpc) is 1.65. The second kappa shape index (κ2) is 3.76. The smallest absolute Gasteiger partial charge is 0.105 e. The number of alkyl halides is 2. The molecule has 0 rings (SSSR count). The third-order valence-corrected chi connectivity index (χ3v) is 3.22. The van der Waals surface area contributed by atoms with Crippen molar-refractivity contribution in [2.75, 3.05) is 0 Å². The zero-order valence-electron chi connectivity index (χ0n) is 4.62. The molecule has 0 N–H and O–H groups in total. The van der Waals surface area contributed by atoms with Crippen LogP contribution in [0.25, 0.3) is 0 Å². The number of rotatable bonds is 2. The molecule has 0 radical (unpaired) electrons. The van der Waals surface area contributed by atoms with Crippen molar-refractivity contribution in [3.05, 3.63) is 0 Å². The van der Waals surface area contributed by atoms with Crippen molar-refractivity contribution in [1.82, 2.24) is 0 Å². The van der Waals surface area contributed by atoms with Crippen molar-refractivity contribution in [3.63, 3.8) is 0 Å². The van der Waals surface area contributed by atoms with Gasteiger partial charge in [-0.2, -0.15) is 0 Å². The summed E-state index contributed by atoms with van der Waals surface area (Å²) in [5.74, 6) is 0.495. The van der Waals surface area contributed by atoms with Gasteiger partial charge in [-0.1, -0.05) is 13.0 Å². The summed E-state index contributed by atoms with van der Waals surface area (Å²) < 4.78 is 0. The van der Waals surface area contributed by atoms with Gasteiger partial charge in [-0.25, -0.2) is 0 Å². The van der Waals surface area contributed by atoms with E-state index in [-0.39, 0.29) is 4.84 Å². The van der Waals surface area contributed by atoms with Crippen molar-refractivity contribution in [3.8, 4) is 0 Å². The zero-order chi connectivity index (χ0) is 5.86. The molecule has 1 unspecified atom stereocenters. The first-order chi connectivity index (χ1) is 3.18. The molecule has 0 saturated carbocycles. The maximum Gasteiger partial charge on any atom is 0.110 e. The van der Waals surface area contributed by atoms with Crippen LogP contribution >= 0.6 is 23.2 Å². The van der Waals surface area contributed by atoms with Gasteiger partial charge in [0.25, 0.3) is 0 Å². The second-order valence-electron chi connectivity index (χ2n) is 1.72. The van der Waals surface area contributed by atoms with E-state index in [2.05, 4.69) is 6.92 Å². The van der Waals surface area contributed by atoms with E-state index in [0.717, 1.165) is 0 Å². The Morgan fingerprint density at radius 1 is 1.57 bits per heavy atom. The molecule has 0 nitrogen and oxygen atoms in total. The molecule has 0 spiro atoms. The SMILES string of the molecule is CC(C[SiH3])C(Cl)Cl. The van der Waals surface area contributed by atoms with Gasteiger partial charge < -0.3 is 0 Å². The molecule has 7 heavy (non-hydrogen) atoms. The fraction of sp³-hybridized carbons (Fsp3) is 1.00. The first-order valence-electron chi connectivity index (χ1n) is 2.46. The maximum absolute atomic E-state index is 5.52. The molecule has 0 aromatic rings. The van der Waals surface area contributed by atoms with Crippen LogP contribution < -0.4 is 0 Å². The third kappa shape index (κ3) is 3.39. The first-order valence-corrected chi connectivity index (χ1v) is 4.75. The summed E-state index contributed by atoms with van der Waals surface area (Å²) in [4.78, 5) is -0.155. The van der Waals surface area contributed by atoms with Gasteiger partial charge >= 0.3 is 0 Å². The highest BCUT2D eigenvalue weighted by molar-refractivity contribution is 6.44. The predicted molar refractivity (Wildman–Crippen MR) is 39.4 cm³/mol. The van der Waals surface area contributed by atoms with Crippen LogP contribution in [0.5, 0.6) is 0 Å². The van der Waals surface area contributed by atoms with Crippen molar-refractivity contribution in [1.29, 1.82) is 0 Å². The first kappa shape index (κ1) is 7.80. The van der Waals surface area contributed by atoms with Gasteiger partial charge in [0, 0.05) is 10.2 Å². The Morgan fingerprint density at radius 3 is 2.00 bits per heavy atom. The Balaban J connectivity index is 3.14. The number of hydrogen-bond donors (Lipinski definition) is 0. The lowest BCUT2D eigenvalue weighted by Crippen LogP contribution is -2.01. The van der Waals surface area contributed by atoms with Gasteiger partial charge in [-0.3, -0.25) is 0 Å². The fourth-order valence-corrected chi connectivity index (χ4v) is 1.60. The van der Waals surface area contributed by atoms with Crippen LogP contribution in [0.2, 0.25) is 6.04 Å². The maximum atomic E-state index is 5.52. The molecule has 44 valence electrons. The van der Waals surface area contributed by atoms with Gasteiger partial charge in [0.2, 0.25) is 0 Å². The molecule has 0 aromatic heterocycles. The molecule has 1 atom stereocenters. The van der Waals surface area contributed by atoms with E-state index in [4.69, 9.17) is 23.2 Å². The van der Waals surface area contributed by atoms with E-state index in [9.17, 15) is 0 Å². The molecular formula is C4H10Cl2Si. The number of hydrogen-bond acceptors (Lipinski definition) is 0. The van der Waals surface area contributed by atoms with Crippen molar-refractivity contribution in [2.45, 2.75) is 17.8 Å². The molecule has 0 heterocycles. The normalized spacial score (nSPS) is 15.4. The summed E-state index contributed by atoms with van der Waals surface area (Å²) >= 11 is 11.0. The van der Waals surface area contributed by atoms with Gasteiger partial charge in [-0.15, -0.1) is 23.2 Å². The molecule has 0 aliphatic heterocycles. The molecule has 0 aliphatic carbocycles. The average molecular weight is 157 g/mol. The molecular weight excluding hydrogens is 147 g/mol. The minimum absolute atomic E-state index is 0.155. The lowest BCUT2D eigenvalue weighted by atomic mass is 10.3. The zero-order valence-corrected chi connectivity index (χ0v) is 8.13. The van der Waals surface area contributed by atoms with E-state index in [1.165, 1.54) is 16.3 Å². The molecule has 0 saturated heterocycles. The molecule has 0 bridgehead atoms. The van der Waals surface area contributed by atoms with E-state index >= 15 is 0 Å². The van der Waals surface area contributed by atoms with Crippen LogP contribution in [0.15, 0.2) is 0 Å². The van der Waals surface area contributed by atoms with Gasteiger partial charge in [0.05, 0.1) is 0 Å². The summed E-state index contributed by atoms with van der Waals surface area (Å²) in [5.41, 5.74) is 0. The summed E-state index contributed by atoms with van der Waals surface area (Å²) in [7, 11) is 1.20. The third-order valence-electron chi connectivity index (χ3n) is 1.07. The van der Waals surface area contributed by atoms with Crippen molar-refractivity contribution >= 4 is 33.4 Å². The van der Waals surface area contributed by atoms with Crippen molar-refractivity contribution < 1.29 is 0 Å². The fourth-order valence-electron chi connectivity index (χ4n) is 0.178. The quantitative estimate of drug-likeness (QED) is 0.417. The van der Waals surface area contributed by atoms with Crippen LogP contribution in [0.4, 0.5) is 0 Å². The number of halogens is 2. The van der Waals surface area contributed by atoms with Crippen LogP contribution in [0.3, 0.4) is 0 Å². The summed E-state index contributed by atoms with van der Waals surface area (Å²) in [6.45, 7) is 2.07. The van der Waals surface area contributed by atoms with Crippen LogP contribution in [-0.4, -0.2) is 15.1 Å². The minimum Gasteiger partial charge on any atom is -0.105 e. The highest BCUT2D eigenvalue weighted by Crippen LogP contribution is 2.16. The van der Waals surface area contributed by atoms with Gasteiger partial charge in [-0.05, 0) is 5.92 Å². The van der Waals surface area contributed by atoms with Crippen molar-refractivity contribution in [2.24, 2.45) is 5.92 Å². The molecule has 0 aromatic carbocycles. The molecule has 3 heteroatoms. The molecule has 0 aliphatic rings. The lowest BCUT2D eigenvalue weighted by Gasteiger charge is -2.06. The van der Waals surface area contributed by atoms with E-state index in [1.54, 1.807) is 0 Å². The standard InChI is InChI=1S/C4H10Cl2Si/c1-3(2-7)4(5)6/h3-4H,2H2,1,7H3. The summed E-state index contributed by atoms with van der Waals surface area (Å²) in [6.07, 6.45) is 0. The Hall–Kier alpha value is 0.797. The predicted octanol–water partition coefficient (Wildman–Crippen LogP) is 1.21. The summed E-state index contributed by atoms with van der Waals surface area (Å²) in [6, 6.07) is 1.19. The van der Waals surface area contributed by atoms with Gasteiger partial charge in [0.1, 0.15) is 4.84 Å².